The monoisotopic (exact) mass is 468 g/mol. The van der Waals surface area contributed by atoms with Gasteiger partial charge in [0.05, 0.1) is 23.9 Å². The first-order chi connectivity index (χ1) is 17.0. The third kappa shape index (κ3) is 4.61. The molecule has 9 heteroatoms. The normalized spacial score (nSPS) is 14.0. The molecule has 0 fully saturated rings. The van der Waals surface area contributed by atoms with Crippen molar-refractivity contribution in [3.05, 3.63) is 76.7 Å². The molecule has 2 aromatic heterocycles. The van der Waals surface area contributed by atoms with E-state index in [1.165, 1.54) is 0 Å². The highest BCUT2D eigenvalue weighted by molar-refractivity contribution is 6.06. The van der Waals surface area contributed by atoms with E-state index in [1.807, 2.05) is 48.5 Å². The summed E-state index contributed by atoms with van der Waals surface area (Å²) in [5.41, 5.74) is 16.3. The molecule has 0 saturated carbocycles. The standard InChI is InChI=1S/C26H24N6O3/c1-34-17-11-9-15(10-12-17)13-16-5-4-7-19-22(18-6-2-3-8-20(18)29-23(16)19)24(33)35-14-21-30-25(27)32-26(28)31-21/h2-3,6,8-13H,4-5,7,14H2,1H3,(H4,27,28,30,31,32). The van der Waals surface area contributed by atoms with Gasteiger partial charge in [-0.3, -0.25) is 0 Å². The minimum absolute atomic E-state index is 0.0244. The van der Waals surface area contributed by atoms with Gasteiger partial charge in [-0.25, -0.2) is 9.78 Å². The molecule has 0 bridgehead atoms. The second kappa shape index (κ2) is 9.38. The van der Waals surface area contributed by atoms with E-state index in [2.05, 4.69) is 21.0 Å². The number of benzene rings is 2. The first kappa shape index (κ1) is 22.3. The van der Waals surface area contributed by atoms with Gasteiger partial charge in [0.2, 0.25) is 11.9 Å². The first-order valence-corrected chi connectivity index (χ1v) is 11.2. The van der Waals surface area contributed by atoms with Gasteiger partial charge in [0.1, 0.15) is 5.75 Å². The van der Waals surface area contributed by atoms with Crippen molar-refractivity contribution in [2.45, 2.75) is 25.9 Å². The topological polar surface area (TPSA) is 139 Å². The number of methoxy groups -OCH3 is 1. The molecule has 0 amide bonds. The van der Waals surface area contributed by atoms with Crippen LogP contribution >= 0.6 is 0 Å². The van der Waals surface area contributed by atoms with Crippen LogP contribution in [0.2, 0.25) is 0 Å². The van der Waals surface area contributed by atoms with Crippen molar-refractivity contribution in [1.82, 2.24) is 19.9 Å². The van der Waals surface area contributed by atoms with Crippen molar-refractivity contribution in [3.63, 3.8) is 0 Å². The summed E-state index contributed by atoms with van der Waals surface area (Å²) in [5, 5.41) is 0.747. The highest BCUT2D eigenvalue weighted by Crippen LogP contribution is 2.36. The smallest absolute Gasteiger partial charge is 0.339 e. The lowest BCUT2D eigenvalue weighted by Gasteiger charge is -2.22. The minimum atomic E-state index is -0.469. The van der Waals surface area contributed by atoms with Gasteiger partial charge in [0.15, 0.2) is 12.4 Å². The number of allylic oxidation sites excluding steroid dienone is 1. The molecule has 4 N–H and O–H groups in total. The van der Waals surface area contributed by atoms with Gasteiger partial charge in [-0.2, -0.15) is 15.0 Å². The Balaban J connectivity index is 1.55. The second-order valence-electron chi connectivity index (χ2n) is 8.17. The molecule has 0 radical (unpaired) electrons. The summed E-state index contributed by atoms with van der Waals surface area (Å²) in [4.78, 5) is 30.1. The molecular formula is C26H24N6O3. The number of nitrogens with zero attached hydrogens (tertiary/aromatic N) is 4. The highest BCUT2D eigenvalue weighted by atomic mass is 16.5. The Morgan fingerprint density at radius 2 is 1.71 bits per heavy atom. The molecule has 0 aliphatic heterocycles. The van der Waals surface area contributed by atoms with Crippen LogP contribution in [0.4, 0.5) is 11.9 Å². The van der Waals surface area contributed by atoms with Crippen LogP contribution in [0.1, 0.15) is 45.8 Å². The van der Waals surface area contributed by atoms with E-state index in [-0.39, 0.29) is 24.3 Å². The average molecular weight is 469 g/mol. The average Bonchev–Trinajstić information content (AvgIpc) is 2.86. The van der Waals surface area contributed by atoms with Crippen LogP contribution in [0.15, 0.2) is 48.5 Å². The molecule has 5 rings (SSSR count). The third-order valence-corrected chi connectivity index (χ3v) is 5.88. The van der Waals surface area contributed by atoms with Crippen molar-refractivity contribution in [2.24, 2.45) is 0 Å². The predicted octanol–water partition coefficient (Wildman–Crippen LogP) is 3.83. The Morgan fingerprint density at radius 1 is 0.971 bits per heavy atom. The van der Waals surface area contributed by atoms with E-state index in [4.69, 9.17) is 25.9 Å². The lowest BCUT2D eigenvalue weighted by molar-refractivity contribution is 0.0463. The minimum Gasteiger partial charge on any atom is -0.497 e. The number of nitrogen functional groups attached to an aromatic ring is 2. The Labute approximate surface area is 201 Å². The zero-order valence-corrected chi connectivity index (χ0v) is 19.2. The molecule has 0 unspecified atom stereocenters. The van der Waals surface area contributed by atoms with Crippen LogP contribution in [0.5, 0.6) is 5.75 Å². The lowest BCUT2D eigenvalue weighted by atomic mass is 9.86. The second-order valence-corrected chi connectivity index (χ2v) is 8.17. The molecule has 1 aliphatic carbocycles. The quantitative estimate of drug-likeness (QED) is 0.418. The molecular weight excluding hydrogens is 444 g/mol. The van der Waals surface area contributed by atoms with Crippen molar-refractivity contribution < 1.29 is 14.3 Å². The van der Waals surface area contributed by atoms with Crippen LogP contribution in [-0.2, 0) is 17.8 Å². The van der Waals surface area contributed by atoms with Crippen molar-refractivity contribution in [2.75, 3.05) is 18.6 Å². The summed E-state index contributed by atoms with van der Waals surface area (Å²) in [7, 11) is 1.64. The van der Waals surface area contributed by atoms with Crippen molar-refractivity contribution >= 4 is 40.4 Å². The van der Waals surface area contributed by atoms with Crippen LogP contribution in [-0.4, -0.2) is 33.0 Å². The number of esters is 1. The van der Waals surface area contributed by atoms with E-state index < -0.39 is 5.97 Å². The first-order valence-electron chi connectivity index (χ1n) is 11.2. The molecule has 1 aliphatic rings. The van der Waals surface area contributed by atoms with E-state index >= 15 is 0 Å². The number of rotatable bonds is 5. The number of anilines is 2. The number of pyridine rings is 1. The molecule has 0 saturated heterocycles. The number of carbonyl (C=O) groups is 1. The highest BCUT2D eigenvalue weighted by Gasteiger charge is 2.26. The molecule has 0 spiro atoms. The Bertz CT molecular complexity index is 1430. The largest absolute Gasteiger partial charge is 0.497 e. The SMILES string of the molecule is COc1ccc(C=C2CCCc3c2nc2ccccc2c3C(=O)OCc2nc(N)nc(N)n2)cc1. The van der Waals surface area contributed by atoms with Gasteiger partial charge in [0, 0.05) is 5.39 Å². The zero-order valence-electron chi connectivity index (χ0n) is 19.2. The fourth-order valence-corrected chi connectivity index (χ4v) is 4.33. The number of fused-ring (bicyclic) bond motifs is 2. The molecule has 0 atom stereocenters. The maximum atomic E-state index is 13.4. The molecule has 35 heavy (non-hydrogen) atoms. The predicted molar refractivity (Wildman–Crippen MR) is 133 cm³/mol. The summed E-state index contributed by atoms with van der Waals surface area (Å²) in [5.74, 6) is 0.470. The van der Waals surface area contributed by atoms with Gasteiger partial charge < -0.3 is 20.9 Å². The van der Waals surface area contributed by atoms with E-state index in [1.54, 1.807) is 7.11 Å². The van der Waals surface area contributed by atoms with Crippen LogP contribution in [0, 0.1) is 0 Å². The molecule has 2 aromatic carbocycles. The summed E-state index contributed by atoms with van der Waals surface area (Å²) in [6.45, 7) is -0.171. The summed E-state index contributed by atoms with van der Waals surface area (Å²) in [6, 6.07) is 15.4. The summed E-state index contributed by atoms with van der Waals surface area (Å²) < 4.78 is 10.9. The van der Waals surface area contributed by atoms with Gasteiger partial charge in [-0.15, -0.1) is 0 Å². The van der Waals surface area contributed by atoms with Crippen molar-refractivity contribution in [3.8, 4) is 5.75 Å². The van der Waals surface area contributed by atoms with Gasteiger partial charge in [0.25, 0.3) is 0 Å². The van der Waals surface area contributed by atoms with E-state index in [0.717, 1.165) is 58.3 Å². The number of para-hydroxylation sites is 1. The Morgan fingerprint density at radius 3 is 2.46 bits per heavy atom. The molecule has 4 aromatic rings. The zero-order chi connectivity index (χ0) is 24.4. The number of nitrogens with two attached hydrogens (primary N) is 2. The molecule has 176 valence electrons. The molecule has 9 nitrogen and oxygen atoms in total. The maximum Gasteiger partial charge on any atom is 0.339 e. The fraction of sp³-hybridized carbons (Fsp3) is 0.192. The molecule has 2 heterocycles. The van der Waals surface area contributed by atoms with Gasteiger partial charge in [-0.1, -0.05) is 30.3 Å². The summed E-state index contributed by atoms with van der Waals surface area (Å²) >= 11 is 0. The summed E-state index contributed by atoms with van der Waals surface area (Å²) in [6.07, 6.45) is 4.60. The van der Waals surface area contributed by atoms with Crippen LogP contribution in [0.3, 0.4) is 0 Å². The number of ether oxygens (including phenoxy) is 2. The lowest BCUT2D eigenvalue weighted by Crippen LogP contribution is -2.16. The van der Waals surface area contributed by atoms with Crippen LogP contribution < -0.4 is 16.2 Å². The van der Waals surface area contributed by atoms with E-state index in [9.17, 15) is 4.79 Å². The number of hydrogen-bond donors (Lipinski definition) is 2. The Kier molecular flexibility index (Phi) is 5.97. The third-order valence-electron chi connectivity index (χ3n) is 5.88. The van der Waals surface area contributed by atoms with E-state index in [0.29, 0.717) is 5.56 Å². The van der Waals surface area contributed by atoms with Crippen molar-refractivity contribution in [1.29, 1.82) is 0 Å². The van der Waals surface area contributed by atoms with Gasteiger partial charge in [-0.05, 0) is 60.2 Å². The van der Waals surface area contributed by atoms with Gasteiger partial charge >= 0.3 is 5.97 Å². The number of carbonyl (C=O) groups excluding carboxylic acids is 1. The van der Waals surface area contributed by atoms with Crippen LogP contribution in [0.25, 0.3) is 22.6 Å². The fourth-order valence-electron chi connectivity index (χ4n) is 4.33. The Hall–Kier alpha value is -4.53. The number of hydrogen-bond acceptors (Lipinski definition) is 9. The number of aromatic nitrogens is 4. The maximum absolute atomic E-state index is 13.4.